The maximum atomic E-state index is 12.0. The van der Waals surface area contributed by atoms with E-state index in [9.17, 15) is 14.9 Å². The lowest BCUT2D eigenvalue weighted by molar-refractivity contribution is -0.384. The van der Waals surface area contributed by atoms with Gasteiger partial charge in [-0.25, -0.2) is 0 Å². The van der Waals surface area contributed by atoms with Gasteiger partial charge in [0.15, 0.2) is 6.61 Å². The molecule has 0 aliphatic heterocycles. The van der Waals surface area contributed by atoms with Crippen molar-refractivity contribution < 1.29 is 19.2 Å². The second-order valence-electron chi connectivity index (χ2n) is 4.66. The Labute approximate surface area is 146 Å². The van der Waals surface area contributed by atoms with Gasteiger partial charge in [-0.3, -0.25) is 14.9 Å². The van der Waals surface area contributed by atoms with Crippen molar-refractivity contribution in [2.45, 2.75) is 6.92 Å². The second kappa shape index (κ2) is 8.30. The Morgan fingerprint density at radius 2 is 1.96 bits per heavy atom. The van der Waals surface area contributed by atoms with Gasteiger partial charge in [-0.2, -0.15) is 0 Å². The number of anilines is 1. The number of nitrogens with one attached hydrogen (secondary N) is 1. The molecule has 0 aliphatic rings. The van der Waals surface area contributed by atoms with Gasteiger partial charge in [0.1, 0.15) is 17.2 Å². The zero-order valence-corrected chi connectivity index (χ0v) is 14.4. The number of amides is 1. The van der Waals surface area contributed by atoms with E-state index in [1.54, 1.807) is 31.2 Å². The van der Waals surface area contributed by atoms with Gasteiger partial charge in [0.05, 0.1) is 17.6 Å². The molecule has 0 saturated heterocycles. The monoisotopic (exact) mass is 394 g/mol. The molecule has 2 aromatic rings. The highest BCUT2D eigenvalue weighted by Gasteiger charge is 2.17. The maximum absolute atomic E-state index is 12.0. The van der Waals surface area contributed by atoms with E-state index in [0.29, 0.717) is 18.1 Å². The summed E-state index contributed by atoms with van der Waals surface area (Å²) >= 11 is 3.30. The van der Waals surface area contributed by atoms with Crippen LogP contribution in [0.1, 0.15) is 6.92 Å². The topological polar surface area (TPSA) is 90.7 Å². The number of rotatable bonds is 7. The van der Waals surface area contributed by atoms with Crippen molar-refractivity contribution in [1.82, 2.24) is 0 Å². The molecule has 0 bridgehead atoms. The van der Waals surface area contributed by atoms with E-state index in [1.165, 1.54) is 12.1 Å². The molecule has 0 aliphatic carbocycles. The minimum Gasteiger partial charge on any atom is -0.494 e. The SMILES string of the molecule is CCOc1ccc(NC(=O)COc2cccc(Br)c2)c([N+](=O)[O-])c1. The summed E-state index contributed by atoms with van der Waals surface area (Å²) in [5, 5.41) is 13.6. The van der Waals surface area contributed by atoms with Crippen LogP contribution in [-0.2, 0) is 4.79 Å². The molecule has 0 fully saturated rings. The smallest absolute Gasteiger partial charge is 0.296 e. The van der Waals surface area contributed by atoms with E-state index < -0.39 is 10.8 Å². The molecule has 0 saturated carbocycles. The van der Waals surface area contributed by atoms with Gasteiger partial charge in [-0.15, -0.1) is 0 Å². The van der Waals surface area contributed by atoms with Crippen molar-refractivity contribution in [3.05, 3.63) is 57.1 Å². The second-order valence-corrected chi connectivity index (χ2v) is 5.58. The lowest BCUT2D eigenvalue weighted by Gasteiger charge is -2.09. The Morgan fingerprint density at radius 3 is 2.62 bits per heavy atom. The van der Waals surface area contributed by atoms with Gasteiger partial charge >= 0.3 is 0 Å². The fourth-order valence-electron chi connectivity index (χ4n) is 1.92. The van der Waals surface area contributed by atoms with Gasteiger partial charge in [0.2, 0.25) is 0 Å². The fourth-order valence-corrected chi connectivity index (χ4v) is 2.29. The van der Waals surface area contributed by atoms with Gasteiger partial charge in [0, 0.05) is 4.47 Å². The van der Waals surface area contributed by atoms with Crippen molar-refractivity contribution >= 4 is 33.2 Å². The van der Waals surface area contributed by atoms with Crippen LogP contribution in [0.4, 0.5) is 11.4 Å². The number of nitrogens with zero attached hydrogens (tertiary/aromatic N) is 1. The number of halogens is 1. The van der Waals surface area contributed by atoms with E-state index in [4.69, 9.17) is 9.47 Å². The van der Waals surface area contributed by atoms with Gasteiger partial charge < -0.3 is 14.8 Å². The van der Waals surface area contributed by atoms with Crippen molar-refractivity contribution in [3.8, 4) is 11.5 Å². The highest BCUT2D eigenvalue weighted by Crippen LogP contribution is 2.29. The summed E-state index contributed by atoms with van der Waals surface area (Å²) in [6.07, 6.45) is 0. The quantitative estimate of drug-likeness (QED) is 0.569. The molecule has 0 atom stereocenters. The number of hydrogen-bond acceptors (Lipinski definition) is 5. The third-order valence-corrected chi connectivity index (χ3v) is 3.41. The summed E-state index contributed by atoms with van der Waals surface area (Å²) in [5.74, 6) is 0.385. The molecule has 0 spiro atoms. The molecule has 1 amide bonds. The van der Waals surface area contributed by atoms with Gasteiger partial charge in [-0.1, -0.05) is 22.0 Å². The predicted octanol–water partition coefficient (Wildman–Crippen LogP) is 3.77. The van der Waals surface area contributed by atoms with Gasteiger partial charge in [-0.05, 0) is 37.3 Å². The lowest BCUT2D eigenvalue weighted by atomic mass is 10.2. The number of benzene rings is 2. The number of hydrogen-bond donors (Lipinski definition) is 1. The van der Waals surface area contributed by atoms with E-state index >= 15 is 0 Å². The molecule has 1 N–H and O–H groups in total. The highest BCUT2D eigenvalue weighted by atomic mass is 79.9. The summed E-state index contributed by atoms with van der Waals surface area (Å²) < 4.78 is 11.4. The van der Waals surface area contributed by atoms with E-state index in [1.807, 2.05) is 6.07 Å². The van der Waals surface area contributed by atoms with Crippen LogP contribution in [0.2, 0.25) is 0 Å². The van der Waals surface area contributed by atoms with Crippen molar-refractivity contribution in [1.29, 1.82) is 0 Å². The van der Waals surface area contributed by atoms with Crippen LogP contribution in [0.15, 0.2) is 46.9 Å². The first-order chi connectivity index (χ1) is 11.5. The average Bonchev–Trinajstić information content (AvgIpc) is 2.54. The normalized spacial score (nSPS) is 10.1. The molecule has 2 aromatic carbocycles. The average molecular weight is 395 g/mol. The third-order valence-electron chi connectivity index (χ3n) is 2.92. The minimum atomic E-state index is -0.576. The fraction of sp³-hybridized carbons (Fsp3) is 0.188. The Balaban J connectivity index is 2.04. The summed E-state index contributed by atoms with van der Waals surface area (Å²) in [6.45, 7) is 1.91. The lowest BCUT2D eigenvalue weighted by Crippen LogP contribution is -2.20. The zero-order valence-electron chi connectivity index (χ0n) is 12.8. The summed E-state index contributed by atoms with van der Waals surface area (Å²) in [7, 11) is 0. The Morgan fingerprint density at radius 1 is 1.21 bits per heavy atom. The number of carbonyl (C=O) groups excluding carboxylic acids is 1. The van der Waals surface area contributed by atoms with E-state index in [-0.39, 0.29) is 18.0 Å². The largest absolute Gasteiger partial charge is 0.494 e. The molecule has 0 heterocycles. The van der Waals surface area contributed by atoms with Crippen molar-refractivity contribution in [2.75, 3.05) is 18.5 Å². The Hall–Kier alpha value is -2.61. The molecule has 24 heavy (non-hydrogen) atoms. The van der Waals surface area contributed by atoms with Crippen LogP contribution >= 0.6 is 15.9 Å². The molecule has 8 heteroatoms. The number of nitro groups is 1. The predicted molar refractivity (Wildman–Crippen MR) is 92.5 cm³/mol. The van der Waals surface area contributed by atoms with Crippen molar-refractivity contribution in [2.24, 2.45) is 0 Å². The Bertz CT molecular complexity index is 751. The molecular formula is C16H15BrN2O5. The maximum Gasteiger partial charge on any atom is 0.296 e. The standard InChI is InChI=1S/C16H15BrN2O5/c1-2-23-13-6-7-14(15(9-13)19(21)22)18-16(20)10-24-12-5-3-4-11(17)8-12/h3-9H,2,10H2,1H3,(H,18,20). The zero-order chi connectivity index (χ0) is 17.5. The van der Waals surface area contributed by atoms with Crippen LogP contribution < -0.4 is 14.8 Å². The third kappa shape index (κ3) is 4.95. The number of carbonyl (C=O) groups is 1. The molecule has 0 radical (unpaired) electrons. The number of ether oxygens (including phenoxy) is 2. The summed E-state index contributed by atoms with van der Waals surface area (Å²) in [5.41, 5.74) is -0.150. The van der Waals surface area contributed by atoms with E-state index in [0.717, 1.165) is 4.47 Å². The van der Waals surface area contributed by atoms with Crippen LogP contribution in [0.5, 0.6) is 11.5 Å². The summed E-state index contributed by atoms with van der Waals surface area (Å²) in [4.78, 5) is 22.5. The minimum absolute atomic E-state index is 0.0892. The highest BCUT2D eigenvalue weighted by molar-refractivity contribution is 9.10. The summed E-state index contributed by atoms with van der Waals surface area (Å²) in [6, 6.07) is 11.3. The first-order valence-electron chi connectivity index (χ1n) is 7.09. The van der Waals surface area contributed by atoms with Crippen LogP contribution in [-0.4, -0.2) is 24.0 Å². The Kier molecular flexibility index (Phi) is 6.14. The molecule has 126 valence electrons. The first-order valence-corrected chi connectivity index (χ1v) is 7.88. The van der Waals surface area contributed by atoms with E-state index in [2.05, 4.69) is 21.2 Å². The first kappa shape index (κ1) is 17.7. The number of nitro benzene ring substituents is 1. The van der Waals surface area contributed by atoms with Crippen LogP contribution in [0.3, 0.4) is 0 Å². The van der Waals surface area contributed by atoms with Gasteiger partial charge in [0.25, 0.3) is 11.6 Å². The molecule has 0 unspecified atom stereocenters. The van der Waals surface area contributed by atoms with Crippen LogP contribution in [0.25, 0.3) is 0 Å². The molecular weight excluding hydrogens is 380 g/mol. The molecule has 0 aromatic heterocycles. The van der Waals surface area contributed by atoms with Crippen molar-refractivity contribution in [3.63, 3.8) is 0 Å². The van der Waals surface area contributed by atoms with Crippen LogP contribution in [0, 0.1) is 10.1 Å². The molecule has 2 rings (SSSR count). The molecule has 7 nitrogen and oxygen atoms in total.